The summed E-state index contributed by atoms with van der Waals surface area (Å²) in [6, 6.07) is 7.74. The number of benzene rings is 1. The fraction of sp³-hybridized carbons (Fsp3) is 0.286. The van der Waals surface area contributed by atoms with Crippen molar-refractivity contribution in [2.45, 2.75) is 13.3 Å². The Morgan fingerprint density at radius 3 is 2.61 bits per heavy atom. The van der Waals surface area contributed by atoms with Crippen molar-refractivity contribution in [3.8, 4) is 0 Å². The number of amides is 1. The molecule has 0 radical (unpaired) electrons. The normalized spacial score (nSPS) is 10.6. The average molecular weight is 247 g/mol. The standard InChI is InChI=1S/C14H17NO3/c1-11-5-3-4-6-12(11)7-8-13(16)15(2)10-9-14(17)18/h3-8H,9-10H2,1-2H3,(H,17,18). The van der Waals surface area contributed by atoms with Crippen LogP contribution in [-0.2, 0) is 9.59 Å². The Hall–Kier alpha value is -2.10. The van der Waals surface area contributed by atoms with Gasteiger partial charge in [0.2, 0.25) is 5.91 Å². The molecule has 0 atom stereocenters. The highest BCUT2D eigenvalue weighted by Gasteiger charge is 2.06. The average Bonchev–Trinajstić information content (AvgIpc) is 2.34. The Kier molecular flexibility index (Phi) is 5.11. The minimum absolute atomic E-state index is 0.0412. The Balaban J connectivity index is 2.59. The van der Waals surface area contributed by atoms with Gasteiger partial charge in [-0.25, -0.2) is 0 Å². The fourth-order valence-corrected chi connectivity index (χ4v) is 1.44. The highest BCUT2D eigenvalue weighted by atomic mass is 16.4. The van der Waals surface area contributed by atoms with Gasteiger partial charge in [-0.15, -0.1) is 0 Å². The number of carbonyl (C=O) groups excluding carboxylic acids is 1. The molecular formula is C14H17NO3. The first-order valence-electron chi connectivity index (χ1n) is 5.71. The zero-order chi connectivity index (χ0) is 13.5. The maximum absolute atomic E-state index is 11.7. The van der Waals surface area contributed by atoms with Gasteiger partial charge in [-0.05, 0) is 24.1 Å². The van der Waals surface area contributed by atoms with E-state index in [0.29, 0.717) is 0 Å². The van der Waals surface area contributed by atoms with Crippen molar-refractivity contribution in [1.82, 2.24) is 4.90 Å². The zero-order valence-electron chi connectivity index (χ0n) is 10.6. The molecule has 0 aliphatic heterocycles. The molecular weight excluding hydrogens is 230 g/mol. The van der Waals surface area contributed by atoms with Crippen LogP contribution >= 0.6 is 0 Å². The minimum Gasteiger partial charge on any atom is -0.481 e. The van der Waals surface area contributed by atoms with Crippen LogP contribution in [0.4, 0.5) is 0 Å². The minimum atomic E-state index is -0.905. The smallest absolute Gasteiger partial charge is 0.305 e. The monoisotopic (exact) mass is 247 g/mol. The molecule has 0 heterocycles. The first-order chi connectivity index (χ1) is 8.50. The Labute approximate surface area is 107 Å². The number of nitrogens with zero attached hydrogens (tertiary/aromatic N) is 1. The van der Waals surface area contributed by atoms with Gasteiger partial charge < -0.3 is 10.0 Å². The summed E-state index contributed by atoms with van der Waals surface area (Å²) in [5, 5.41) is 8.53. The number of hydrogen-bond donors (Lipinski definition) is 1. The second-order valence-electron chi connectivity index (χ2n) is 4.09. The maximum atomic E-state index is 11.7. The lowest BCUT2D eigenvalue weighted by Gasteiger charge is -2.13. The molecule has 1 rings (SSSR count). The third kappa shape index (κ3) is 4.41. The topological polar surface area (TPSA) is 57.6 Å². The highest BCUT2D eigenvalue weighted by molar-refractivity contribution is 5.92. The molecule has 0 bridgehead atoms. The molecule has 0 saturated heterocycles. The number of aliphatic carboxylic acids is 1. The Morgan fingerprint density at radius 2 is 2.00 bits per heavy atom. The lowest BCUT2D eigenvalue weighted by atomic mass is 10.1. The van der Waals surface area contributed by atoms with E-state index in [1.165, 1.54) is 11.0 Å². The summed E-state index contributed by atoms with van der Waals surface area (Å²) in [5.41, 5.74) is 2.08. The van der Waals surface area contributed by atoms with E-state index in [2.05, 4.69) is 0 Å². The summed E-state index contributed by atoms with van der Waals surface area (Å²) in [5.74, 6) is -1.10. The van der Waals surface area contributed by atoms with E-state index >= 15 is 0 Å². The van der Waals surface area contributed by atoms with Crippen LogP contribution in [0.2, 0.25) is 0 Å². The summed E-state index contributed by atoms with van der Waals surface area (Å²) in [6.45, 7) is 2.19. The first-order valence-corrected chi connectivity index (χ1v) is 5.71. The molecule has 4 nitrogen and oxygen atoms in total. The van der Waals surface area contributed by atoms with E-state index in [4.69, 9.17) is 5.11 Å². The van der Waals surface area contributed by atoms with Gasteiger partial charge in [0.05, 0.1) is 6.42 Å². The molecule has 0 aromatic heterocycles. The van der Waals surface area contributed by atoms with E-state index in [1.807, 2.05) is 31.2 Å². The zero-order valence-corrected chi connectivity index (χ0v) is 10.6. The van der Waals surface area contributed by atoms with Crippen LogP contribution in [0.25, 0.3) is 6.08 Å². The van der Waals surface area contributed by atoms with Crippen LogP contribution in [0.1, 0.15) is 17.5 Å². The fourth-order valence-electron chi connectivity index (χ4n) is 1.44. The molecule has 1 N–H and O–H groups in total. The molecule has 4 heteroatoms. The van der Waals surface area contributed by atoms with Crippen molar-refractivity contribution in [3.05, 3.63) is 41.5 Å². The maximum Gasteiger partial charge on any atom is 0.305 e. The number of carboxylic acid groups (broad SMARTS) is 1. The van der Waals surface area contributed by atoms with Crippen molar-refractivity contribution in [3.63, 3.8) is 0 Å². The van der Waals surface area contributed by atoms with Crippen molar-refractivity contribution in [2.24, 2.45) is 0 Å². The SMILES string of the molecule is Cc1ccccc1C=CC(=O)N(C)CCC(=O)O. The third-order valence-corrected chi connectivity index (χ3v) is 2.63. The van der Waals surface area contributed by atoms with E-state index in [-0.39, 0.29) is 18.9 Å². The molecule has 0 spiro atoms. The van der Waals surface area contributed by atoms with Gasteiger partial charge in [0.1, 0.15) is 0 Å². The molecule has 0 saturated carbocycles. The molecule has 0 aliphatic carbocycles. The number of rotatable bonds is 5. The van der Waals surface area contributed by atoms with Gasteiger partial charge in [-0.1, -0.05) is 24.3 Å². The molecule has 0 unspecified atom stereocenters. The largest absolute Gasteiger partial charge is 0.481 e. The quantitative estimate of drug-likeness (QED) is 0.809. The third-order valence-electron chi connectivity index (χ3n) is 2.63. The van der Waals surface area contributed by atoms with Gasteiger partial charge in [-0.2, -0.15) is 0 Å². The highest BCUT2D eigenvalue weighted by Crippen LogP contribution is 2.08. The molecule has 0 fully saturated rings. The number of carboxylic acids is 1. The van der Waals surface area contributed by atoms with Crippen LogP contribution in [0.3, 0.4) is 0 Å². The summed E-state index contributed by atoms with van der Waals surface area (Å²) in [6.07, 6.45) is 3.17. The molecule has 18 heavy (non-hydrogen) atoms. The van der Waals surface area contributed by atoms with E-state index < -0.39 is 5.97 Å². The van der Waals surface area contributed by atoms with Crippen molar-refractivity contribution in [1.29, 1.82) is 0 Å². The first kappa shape index (κ1) is 14.0. The van der Waals surface area contributed by atoms with Gasteiger partial charge in [0.15, 0.2) is 0 Å². The van der Waals surface area contributed by atoms with Gasteiger partial charge in [0.25, 0.3) is 0 Å². The van der Waals surface area contributed by atoms with Crippen molar-refractivity contribution in [2.75, 3.05) is 13.6 Å². The Bertz CT molecular complexity index is 466. The van der Waals surface area contributed by atoms with E-state index in [9.17, 15) is 9.59 Å². The predicted molar refractivity (Wildman–Crippen MR) is 70.1 cm³/mol. The summed E-state index contributed by atoms with van der Waals surface area (Å²) < 4.78 is 0. The van der Waals surface area contributed by atoms with Gasteiger partial charge in [0, 0.05) is 19.7 Å². The van der Waals surface area contributed by atoms with Crippen LogP contribution < -0.4 is 0 Å². The predicted octanol–water partition coefficient (Wildman–Crippen LogP) is 1.94. The molecule has 96 valence electrons. The Morgan fingerprint density at radius 1 is 1.33 bits per heavy atom. The van der Waals surface area contributed by atoms with Crippen molar-refractivity contribution >= 4 is 18.0 Å². The van der Waals surface area contributed by atoms with Crippen LogP contribution in [-0.4, -0.2) is 35.5 Å². The summed E-state index contributed by atoms with van der Waals surface area (Å²) in [7, 11) is 1.59. The van der Waals surface area contributed by atoms with E-state index in [1.54, 1.807) is 13.1 Å². The second-order valence-corrected chi connectivity index (χ2v) is 4.09. The second kappa shape index (κ2) is 6.59. The van der Waals surface area contributed by atoms with Gasteiger partial charge >= 0.3 is 5.97 Å². The van der Waals surface area contributed by atoms with Gasteiger partial charge in [-0.3, -0.25) is 9.59 Å². The lowest BCUT2D eigenvalue weighted by Crippen LogP contribution is -2.27. The van der Waals surface area contributed by atoms with Crippen LogP contribution in [0.5, 0.6) is 0 Å². The number of likely N-dealkylation sites (N-methyl/N-ethyl adjacent to an activating group) is 1. The van der Waals surface area contributed by atoms with Crippen LogP contribution in [0.15, 0.2) is 30.3 Å². The molecule has 1 amide bonds. The molecule has 1 aromatic rings. The molecule has 0 aliphatic rings. The molecule has 1 aromatic carbocycles. The summed E-state index contributed by atoms with van der Waals surface area (Å²) in [4.78, 5) is 23.5. The number of aryl methyl sites for hydroxylation is 1. The van der Waals surface area contributed by atoms with Crippen LogP contribution in [0, 0.1) is 6.92 Å². The van der Waals surface area contributed by atoms with E-state index in [0.717, 1.165) is 11.1 Å². The lowest BCUT2D eigenvalue weighted by molar-refractivity contribution is -0.137. The number of hydrogen-bond acceptors (Lipinski definition) is 2. The summed E-state index contributed by atoms with van der Waals surface area (Å²) >= 11 is 0. The van der Waals surface area contributed by atoms with Crippen molar-refractivity contribution < 1.29 is 14.7 Å². The number of carbonyl (C=O) groups is 2.